The van der Waals surface area contributed by atoms with Gasteiger partial charge in [-0.2, -0.15) is 0 Å². The zero-order valence-corrected chi connectivity index (χ0v) is 9.23. The Bertz CT molecular complexity index is 319. The van der Waals surface area contributed by atoms with Crippen LogP contribution in [0.5, 0.6) is 0 Å². The van der Waals surface area contributed by atoms with Crippen molar-refractivity contribution in [1.29, 1.82) is 0 Å². The Kier molecular flexibility index (Phi) is 2.38. The van der Waals surface area contributed by atoms with Gasteiger partial charge in [0.1, 0.15) is 0 Å². The number of benzene rings is 1. The highest BCUT2D eigenvalue weighted by atomic mass is 14.6. The highest BCUT2D eigenvalue weighted by molar-refractivity contribution is 5.56. The second-order valence-corrected chi connectivity index (χ2v) is 4.72. The molecule has 1 aromatic carbocycles. The second-order valence-electron chi connectivity index (χ2n) is 4.72. The van der Waals surface area contributed by atoms with Crippen LogP contribution in [0.2, 0.25) is 0 Å². The third kappa shape index (κ3) is 1.85. The van der Waals surface area contributed by atoms with E-state index < -0.39 is 0 Å². The lowest BCUT2D eigenvalue weighted by Gasteiger charge is -2.24. The first-order chi connectivity index (χ1) is 5.84. The van der Waals surface area contributed by atoms with Gasteiger partial charge in [0.05, 0.1) is 0 Å². The van der Waals surface area contributed by atoms with Crippen LogP contribution in [0.25, 0.3) is 0 Å². The molecular formula is C12H19N. The highest BCUT2D eigenvalue weighted by Gasteiger charge is 2.19. The minimum absolute atomic E-state index is 0.139. The maximum atomic E-state index is 5.98. The molecule has 0 unspecified atom stereocenters. The summed E-state index contributed by atoms with van der Waals surface area (Å²) in [6, 6.07) is 4.09. The Labute approximate surface area is 81.0 Å². The standard InChI is InChI=1S/C12H19N/c1-8-6-7-10(13)11(9(8)2)12(3,4)5/h6-7H,13H2,1-5H3. The number of anilines is 1. The fourth-order valence-corrected chi connectivity index (χ4v) is 1.83. The molecule has 1 rings (SSSR count). The van der Waals surface area contributed by atoms with E-state index in [-0.39, 0.29) is 5.41 Å². The van der Waals surface area contributed by atoms with E-state index in [4.69, 9.17) is 5.73 Å². The number of nitrogen functional groups attached to an aromatic ring is 1. The monoisotopic (exact) mass is 177 g/mol. The smallest absolute Gasteiger partial charge is 0.0354 e. The van der Waals surface area contributed by atoms with E-state index in [1.807, 2.05) is 6.07 Å². The van der Waals surface area contributed by atoms with Gasteiger partial charge in [-0.1, -0.05) is 26.8 Å². The van der Waals surface area contributed by atoms with Crippen LogP contribution in [-0.4, -0.2) is 0 Å². The van der Waals surface area contributed by atoms with Gasteiger partial charge in [0.15, 0.2) is 0 Å². The van der Waals surface area contributed by atoms with Gasteiger partial charge in [0, 0.05) is 5.69 Å². The van der Waals surface area contributed by atoms with E-state index in [0.29, 0.717) is 0 Å². The lowest BCUT2D eigenvalue weighted by Crippen LogP contribution is -2.16. The Hall–Kier alpha value is -0.980. The third-order valence-electron chi connectivity index (χ3n) is 2.52. The predicted molar refractivity (Wildman–Crippen MR) is 59.0 cm³/mol. The quantitative estimate of drug-likeness (QED) is 0.605. The zero-order chi connectivity index (χ0) is 10.2. The van der Waals surface area contributed by atoms with Crippen LogP contribution >= 0.6 is 0 Å². The third-order valence-corrected chi connectivity index (χ3v) is 2.52. The van der Waals surface area contributed by atoms with Gasteiger partial charge in [0.2, 0.25) is 0 Å². The Morgan fingerprint density at radius 3 is 2.00 bits per heavy atom. The van der Waals surface area contributed by atoms with Gasteiger partial charge in [-0.05, 0) is 42.0 Å². The van der Waals surface area contributed by atoms with Crippen molar-refractivity contribution < 1.29 is 0 Å². The van der Waals surface area contributed by atoms with E-state index in [0.717, 1.165) is 5.69 Å². The summed E-state index contributed by atoms with van der Waals surface area (Å²) < 4.78 is 0. The molecule has 0 amide bonds. The van der Waals surface area contributed by atoms with Crippen molar-refractivity contribution in [3.05, 3.63) is 28.8 Å². The first-order valence-corrected chi connectivity index (χ1v) is 4.70. The zero-order valence-electron chi connectivity index (χ0n) is 9.23. The van der Waals surface area contributed by atoms with Gasteiger partial charge < -0.3 is 5.73 Å². The molecule has 0 aliphatic carbocycles. The van der Waals surface area contributed by atoms with Crippen molar-refractivity contribution in [3.63, 3.8) is 0 Å². The molecule has 0 aliphatic heterocycles. The number of aryl methyl sites for hydroxylation is 1. The Morgan fingerprint density at radius 1 is 1.08 bits per heavy atom. The fraction of sp³-hybridized carbons (Fsp3) is 0.500. The molecule has 0 atom stereocenters. The minimum atomic E-state index is 0.139. The molecular weight excluding hydrogens is 158 g/mol. The highest BCUT2D eigenvalue weighted by Crippen LogP contribution is 2.32. The van der Waals surface area contributed by atoms with E-state index >= 15 is 0 Å². The van der Waals surface area contributed by atoms with Crippen molar-refractivity contribution in [1.82, 2.24) is 0 Å². The van der Waals surface area contributed by atoms with Gasteiger partial charge in [-0.25, -0.2) is 0 Å². The van der Waals surface area contributed by atoms with Crippen molar-refractivity contribution in [2.45, 2.75) is 40.0 Å². The second kappa shape index (κ2) is 3.06. The summed E-state index contributed by atoms with van der Waals surface area (Å²) in [6.07, 6.45) is 0. The molecule has 0 saturated heterocycles. The summed E-state index contributed by atoms with van der Waals surface area (Å²) in [6.45, 7) is 10.9. The Balaban J connectivity index is 3.43. The molecule has 0 aliphatic rings. The van der Waals surface area contributed by atoms with Crippen molar-refractivity contribution in [2.75, 3.05) is 5.73 Å². The lowest BCUT2D eigenvalue weighted by molar-refractivity contribution is 0.588. The summed E-state index contributed by atoms with van der Waals surface area (Å²) in [7, 11) is 0. The van der Waals surface area contributed by atoms with Crippen LogP contribution in [0.4, 0.5) is 5.69 Å². The normalized spacial score (nSPS) is 11.8. The van der Waals surface area contributed by atoms with Crippen LogP contribution in [0, 0.1) is 13.8 Å². The van der Waals surface area contributed by atoms with E-state index in [1.54, 1.807) is 0 Å². The predicted octanol–water partition coefficient (Wildman–Crippen LogP) is 3.18. The number of hydrogen-bond acceptors (Lipinski definition) is 1. The molecule has 13 heavy (non-hydrogen) atoms. The number of nitrogens with two attached hydrogens (primary N) is 1. The van der Waals surface area contributed by atoms with Crippen LogP contribution in [0.15, 0.2) is 12.1 Å². The van der Waals surface area contributed by atoms with Crippen LogP contribution in [0.3, 0.4) is 0 Å². The molecule has 0 radical (unpaired) electrons. The van der Waals surface area contributed by atoms with Crippen LogP contribution in [-0.2, 0) is 5.41 Å². The van der Waals surface area contributed by atoms with Crippen molar-refractivity contribution in [2.24, 2.45) is 0 Å². The summed E-state index contributed by atoms with van der Waals surface area (Å²) in [5, 5.41) is 0. The average molecular weight is 177 g/mol. The maximum Gasteiger partial charge on any atom is 0.0354 e. The molecule has 1 heteroatoms. The summed E-state index contributed by atoms with van der Waals surface area (Å²) in [4.78, 5) is 0. The molecule has 0 heterocycles. The van der Waals surface area contributed by atoms with Gasteiger partial charge >= 0.3 is 0 Å². The molecule has 0 bridgehead atoms. The molecule has 2 N–H and O–H groups in total. The molecule has 0 saturated carbocycles. The largest absolute Gasteiger partial charge is 0.398 e. The summed E-state index contributed by atoms with van der Waals surface area (Å²) >= 11 is 0. The topological polar surface area (TPSA) is 26.0 Å². The first kappa shape index (κ1) is 10.1. The lowest BCUT2D eigenvalue weighted by atomic mass is 9.81. The summed E-state index contributed by atoms with van der Waals surface area (Å²) in [5.41, 5.74) is 11.0. The maximum absolute atomic E-state index is 5.98. The molecule has 0 aromatic heterocycles. The van der Waals surface area contributed by atoms with Crippen molar-refractivity contribution >= 4 is 5.69 Å². The number of rotatable bonds is 0. The SMILES string of the molecule is Cc1ccc(N)c(C(C)(C)C)c1C. The van der Waals surface area contributed by atoms with Crippen LogP contribution in [0.1, 0.15) is 37.5 Å². The van der Waals surface area contributed by atoms with Gasteiger partial charge in [0.25, 0.3) is 0 Å². The average Bonchev–Trinajstić information content (AvgIpc) is 1.95. The van der Waals surface area contributed by atoms with Gasteiger partial charge in [-0.3, -0.25) is 0 Å². The van der Waals surface area contributed by atoms with E-state index in [2.05, 4.69) is 40.7 Å². The Morgan fingerprint density at radius 2 is 1.62 bits per heavy atom. The van der Waals surface area contributed by atoms with E-state index in [1.165, 1.54) is 16.7 Å². The summed E-state index contributed by atoms with van der Waals surface area (Å²) in [5.74, 6) is 0. The minimum Gasteiger partial charge on any atom is -0.398 e. The molecule has 1 nitrogen and oxygen atoms in total. The van der Waals surface area contributed by atoms with Crippen molar-refractivity contribution in [3.8, 4) is 0 Å². The molecule has 0 fully saturated rings. The molecule has 0 spiro atoms. The molecule has 1 aromatic rings. The number of hydrogen-bond donors (Lipinski definition) is 1. The van der Waals surface area contributed by atoms with E-state index in [9.17, 15) is 0 Å². The first-order valence-electron chi connectivity index (χ1n) is 4.70. The fourth-order valence-electron chi connectivity index (χ4n) is 1.83. The van der Waals surface area contributed by atoms with Gasteiger partial charge in [-0.15, -0.1) is 0 Å². The molecule has 72 valence electrons. The van der Waals surface area contributed by atoms with Crippen LogP contribution < -0.4 is 5.73 Å².